The summed E-state index contributed by atoms with van der Waals surface area (Å²) >= 11 is 0. The first-order valence-electron chi connectivity index (χ1n) is 5.92. The van der Waals surface area contributed by atoms with Crippen LogP contribution < -0.4 is 0 Å². The lowest BCUT2D eigenvalue weighted by atomic mass is 9.69. The fourth-order valence-electron chi connectivity index (χ4n) is 2.68. The third-order valence-corrected chi connectivity index (χ3v) is 3.79. The average Bonchev–Trinajstić information content (AvgIpc) is 2.28. The molecule has 0 saturated heterocycles. The molecule has 0 aromatic carbocycles. The minimum Gasteiger partial charge on any atom is -0.481 e. The highest BCUT2D eigenvalue weighted by molar-refractivity contribution is 5.70. The molecular weight excluding hydrogens is 224 g/mol. The number of hydrogen-bond acceptors (Lipinski definition) is 4. The van der Waals surface area contributed by atoms with Gasteiger partial charge in [0.15, 0.2) is 0 Å². The van der Waals surface area contributed by atoms with Gasteiger partial charge in [0.2, 0.25) is 0 Å². The molecule has 0 aromatic heterocycles. The van der Waals surface area contributed by atoms with Crippen LogP contribution in [0.5, 0.6) is 0 Å². The molecule has 1 saturated carbocycles. The Morgan fingerprint density at radius 2 is 1.94 bits per heavy atom. The Hall–Kier alpha value is -1.10. The number of rotatable bonds is 4. The SMILES string of the molecule is COC(=O)C[C@@H]1CC[C@H](O)[C@H](C)[C@@H]1CC(=O)O. The summed E-state index contributed by atoms with van der Waals surface area (Å²) in [6.45, 7) is 1.85. The summed E-state index contributed by atoms with van der Waals surface area (Å²) in [5.74, 6) is -1.44. The molecule has 0 heterocycles. The fraction of sp³-hybridized carbons (Fsp3) is 0.833. The van der Waals surface area contributed by atoms with E-state index >= 15 is 0 Å². The molecule has 0 amide bonds. The molecule has 4 atom stereocenters. The van der Waals surface area contributed by atoms with E-state index in [0.717, 1.165) is 0 Å². The minimum atomic E-state index is -0.884. The topological polar surface area (TPSA) is 83.8 Å². The van der Waals surface area contributed by atoms with Crippen LogP contribution in [0.3, 0.4) is 0 Å². The molecule has 2 N–H and O–H groups in total. The molecule has 98 valence electrons. The molecule has 5 heteroatoms. The number of aliphatic carboxylic acids is 1. The zero-order chi connectivity index (χ0) is 13.0. The summed E-state index contributed by atoms with van der Waals surface area (Å²) in [5.41, 5.74) is 0. The number of aliphatic hydroxyl groups excluding tert-OH is 1. The standard InChI is InChI=1S/C12H20O5/c1-7-9(6-11(14)15)8(3-4-10(7)13)5-12(16)17-2/h7-10,13H,3-6H2,1-2H3,(H,14,15)/t7-,8+,9+,10+/m1/s1. The molecule has 0 spiro atoms. The van der Waals surface area contributed by atoms with Crippen molar-refractivity contribution in [1.82, 2.24) is 0 Å². The summed E-state index contributed by atoms with van der Waals surface area (Å²) < 4.78 is 4.62. The molecule has 1 rings (SSSR count). The van der Waals surface area contributed by atoms with Crippen molar-refractivity contribution in [3.63, 3.8) is 0 Å². The van der Waals surface area contributed by atoms with Crippen LogP contribution in [0, 0.1) is 17.8 Å². The molecule has 1 fully saturated rings. The molecule has 0 aliphatic heterocycles. The molecule has 1 aliphatic carbocycles. The smallest absolute Gasteiger partial charge is 0.305 e. The maximum absolute atomic E-state index is 11.3. The van der Waals surface area contributed by atoms with Gasteiger partial charge >= 0.3 is 11.9 Å². The van der Waals surface area contributed by atoms with Crippen LogP contribution in [-0.4, -0.2) is 35.4 Å². The first-order valence-corrected chi connectivity index (χ1v) is 5.92. The van der Waals surface area contributed by atoms with Gasteiger partial charge in [-0.1, -0.05) is 6.92 Å². The molecule has 0 radical (unpaired) electrons. The molecular formula is C12H20O5. The number of methoxy groups -OCH3 is 1. The summed E-state index contributed by atoms with van der Waals surface area (Å²) in [5, 5.41) is 18.6. The second-order valence-corrected chi connectivity index (χ2v) is 4.81. The van der Waals surface area contributed by atoms with Gasteiger partial charge in [-0.15, -0.1) is 0 Å². The number of carboxylic acids is 1. The van der Waals surface area contributed by atoms with E-state index in [9.17, 15) is 14.7 Å². The largest absolute Gasteiger partial charge is 0.481 e. The van der Waals surface area contributed by atoms with Gasteiger partial charge < -0.3 is 14.9 Å². The Morgan fingerprint density at radius 3 is 2.47 bits per heavy atom. The van der Waals surface area contributed by atoms with Crippen molar-refractivity contribution in [1.29, 1.82) is 0 Å². The van der Waals surface area contributed by atoms with E-state index in [1.54, 1.807) is 0 Å². The van der Waals surface area contributed by atoms with Crippen LogP contribution in [0.25, 0.3) is 0 Å². The van der Waals surface area contributed by atoms with Gasteiger partial charge in [-0.3, -0.25) is 9.59 Å². The van der Waals surface area contributed by atoms with Gasteiger partial charge in [-0.2, -0.15) is 0 Å². The molecule has 0 unspecified atom stereocenters. The minimum absolute atomic E-state index is 0.000111. The highest BCUT2D eigenvalue weighted by Gasteiger charge is 2.38. The number of ether oxygens (including phenoxy) is 1. The zero-order valence-corrected chi connectivity index (χ0v) is 10.3. The van der Waals surface area contributed by atoms with Gasteiger partial charge in [0.1, 0.15) is 0 Å². The fourth-order valence-corrected chi connectivity index (χ4v) is 2.68. The van der Waals surface area contributed by atoms with E-state index in [1.165, 1.54) is 7.11 Å². The van der Waals surface area contributed by atoms with Gasteiger partial charge in [-0.05, 0) is 30.6 Å². The second kappa shape index (κ2) is 6.00. The summed E-state index contributed by atoms with van der Waals surface area (Å²) in [7, 11) is 1.33. The normalized spacial score (nSPS) is 33.1. The highest BCUT2D eigenvalue weighted by Crippen LogP contribution is 2.39. The zero-order valence-electron chi connectivity index (χ0n) is 10.3. The number of carbonyl (C=O) groups excluding carboxylic acids is 1. The van der Waals surface area contributed by atoms with Crippen molar-refractivity contribution in [3.8, 4) is 0 Å². The Kier molecular flexibility index (Phi) is 4.93. The van der Waals surface area contributed by atoms with E-state index in [0.29, 0.717) is 12.8 Å². The van der Waals surface area contributed by atoms with Crippen LogP contribution in [0.4, 0.5) is 0 Å². The predicted octanol–water partition coefficient (Wildman–Crippen LogP) is 1.05. The van der Waals surface area contributed by atoms with Crippen molar-refractivity contribution >= 4 is 11.9 Å². The molecule has 1 aliphatic rings. The van der Waals surface area contributed by atoms with Crippen LogP contribution in [0.2, 0.25) is 0 Å². The maximum atomic E-state index is 11.3. The Morgan fingerprint density at radius 1 is 1.29 bits per heavy atom. The quantitative estimate of drug-likeness (QED) is 0.722. The third-order valence-electron chi connectivity index (χ3n) is 3.79. The first-order chi connectivity index (χ1) is 7.95. The third kappa shape index (κ3) is 3.70. The number of esters is 1. The summed E-state index contributed by atoms with van der Waals surface area (Å²) in [4.78, 5) is 22.1. The van der Waals surface area contributed by atoms with Crippen molar-refractivity contribution in [2.75, 3.05) is 7.11 Å². The molecule has 17 heavy (non-hydrogen) atoms. The summed E-state index contributed by atoms with van der Waals surface area (Å²) in [6, 6.07) is 0. The molecule has 0 bridgehead atoms. The van der Waals surface area contributed by atoms with Crippen molar-refractivity contribution in [2.45, 2.75) is 38.7 Å². The van der Waals surface area contributed by atoms with Crippen molar-refractivity contribution < 1.29 is 24.5 Å². The van der Waals surface area contributed by atoms with Gasteiger partial charge in [0.05, 0.1) is 13.2 Å². The van der Waals surface area contributed by atoms with Crippen LogP contribution in [0.15, 0.2) is 0 Å². The Balaban J connectivity index is 2.71. The summed E-state index contributed by atoms with van der Waals surface area (Å²) in [6.07, 6.45) is 1.08. The van der Waals surface area contributed by atoms with Crippen LogP contribution in [0.1, 0.15) is 32.6 Å². The second-order valence-electron chi connectivity index (χ2n) is 4.81. The number of carboxylic acid groups (broad SMARTS) is 1. The lowest BCUT2D eigenvalue weighted by Gasteiger charge is -2.38. The Bertz CT molecular complexity index is 289. The Labute approximate surface area is 101 Å². The lowest BCUT2D eigenvalue weighted by molar-refractivity contribution is -0.146. The monoisotopic (exact) mass is 244 g/mol. The van der Waals surface area contributed by atoms with Crippen molar-refractivity contribution in [2.24, 2.45) is 17.8 Å². The highest BCUT2D eigenvalue weighted by atomic mass is 16.5. The average molecular weight is 244 g/mol. The maximum Gasteiger partial charge on any atom is 0.305 e. The number of aliphatic hydroxyl groups is 1. The van der Waals surface area contributed by atoms with Crippen molar-refractivity contribution in [3.05, 3.63) is 0 Å². The molecule has 0 aromatic rings. The number of hydrogen-bond donors (Lipinski definition) is 2. The van der Waals surface area contributed by atoms with Gasteiger partial charge in [0, 0.05) is 12.8 Å². The first kappa shape index (κ1) is 14.0. The van der Waals surface area contributed by atoms with Gasteiger partial charge in [0.25, 0.3) is 0 Å². The predicted molar refractivity (Wildman–Crippen MR) is 60.3 cm³/mol. The molecule has 5 nitrogen and oxygen atoms in total. The van der Waals surface area contributed by atoms with E-state index in [2.05, 4.69) is 4.74 Å². The van der Waals surface area contributed by atoms with E-state index < -0.39 is 12.1 Å². The number of carbonyl (C=O) groups is 2. The van der Waals surface area contributed by atoms with E-state index in [-0.39, 0.29) is 36.6 Å². The van der Waals surface area contributed by atoms with Crippen LogP contribution in [-0.2, 0) is 14.3 Å². The van der Waals surface area contributed by atoms with Gasteiger partial charge in [-0.25, -0.2) is 0 Å². The van der Waals surface area contributed by atoms with E-state index in [1.807, 2.05) is 6.92 Å². The van der Waals surface area contributed by atoms with Crippen LogP contribution >= 0.6 is 0 Å². The van der Waals surface area contributed by atoms with E-state index in [4.69, 9.17) is 5.11 Å². The lowest BCUT2D eigenvalue weighted by Crippen LogP contribution is -2.38.